The van der Waals surface area contributed by atoms with Gasteiger partial charge in [0.1, 0.15) is 5.82 Å². The van der Waals surface area contributed by atoms with Crippen molar-refractivity contribution in [2.45, 2.75) is 44.6 Å². The molecule has 17 heavy (non-hydrogen) atoms. The van der Waals surface area contributed by atoms with Gasteiger partial charge in [0.25, 0.3) is 0 Å². The molecule has 1 fully saturated rings. The first kappa shape index (κ1) is 13.0. The molecule has 0 heterocycles. The van der Waals surface area contributed by atoms with E-state index in [0.717, 1.165) is 23.2 Å². The molecule has 0 amide bonds. The van der Waals surface area contributed by atoms with E-state index in [0.29, 0.717) is 5.56 Å². The van der Waals surface area contributed by atoms with Crippen molar-refractivity contribution in [3.8, 4) is 0 Å². The van der Waals surface area contributed by atoms with E-state index >= 15 is 0 Å². The molecule has 1 atom stereocenters. The van der Waals surface area contributed by atoms with Gasteiger partial charge in [-0.15, -0.1) is 0 Å². The molecular formula is C14H18BrFO. The summed E-state index contributed by atoms with van der Waals surface area (Å²) in [7, 11) is 0. The summed E-state index contributed by atoms with van der Waals surface area (Å²) >= 11 is 3.36. The van der Waals surface area contributed by atoms with E-state index in [9.17, 15) is 9.50 Å². The van der Waals surface area contributed by atoms with Crippen LogP contribution in [-0.2, 0) is 0 Å². The molecule has 0 saturated heterocycles. The Morgan fingerprint density at radius 3 is 2.76 bits per heavy atom. The quantitative estimate of drug-likeness (QED) is 0.862. The Balaban J connectivity index is 1.93. The van der Waals surface area contributed by atoms with Crippen LogP contribution < -0.4 is 0 Å². The Bertz CT molecular complexity index is 374. The van der Waals surface area contributed by atoms with Crippen molar-refractivity contribution in [1.29, 1.82) is 0 Å². The van der Waals surface area contributed by atoms with Gasteiger partial charge in [-0.05, 0) is 42.5 Å². The topological polar surface area (TPSA) is 20.2 Å². The van der Waals surface area contributed by atoms with Gasteiger partial charge >= 0.3 is 0 Å². The van der Waals surface area contributed by atoms with Gasteiger partial charge in [0.2, 0.25) is 0 Å². The Labute approximate surface area is 110 Å². The molecule has 1 N–H and O–H groups in total. The summed E-state index contributed by atoms with van der Waals surface area (Å²) in [6.45, 7) is 0. The lowest BCUT2D eigenvalue weighted by atomic mass is 9.96. The molecule has 1 aliphatic rings. The van der Waals surface area contributed by atoms with Crippen LogP contribution in [0, 0.1) is 11.7 Å². The van der Waals surface area contributed by atoms with E-state index in [1.165, 1.54) is 37.8 Å². The lowest BCUT2D eigenvalue weighted by molar-refractivity contribution is 0.156. The SMILES string of the molecule is OC(CCC1CCCC1)c1cc(F)ccc1Br. The summed E-state index contributed by atoms with van der Waals surface area (Å²) in [5.41, 5.74) is 0.669. The minimum absolute atomic E-state index is 0.289. The first-order chi connectivity index (χ1) is 8.16. The molecule has 1 saturated carbocycles. The zero-order valence-electron chi connectivity index (χ0n) is 9.83. The number of halogens is 2. The summed E-state index contributed by atoms with van der Waals surface area (Å²) in [6.07, 6.45) is 6.44. The second kappa shape index (κ2) is 5.96. The van der Waals surface area contributed by atoms with Gasteiger partial charge in [-0.3, -0.25) is 0 Å². The van der Waals surface area contributed by atoms with E-state index in [1.54, 1.807) is 6.07 Å². The molecule has 3 heteroatoms. The van der Waals surface area contributed by atoms with Crippen LogP contribution in [0.3, 0.4) is 0 Å². The summed E-state index contributed by atoms with van der Waals surface area (Å²) in [6, 6.07) is 4.48. The van der Waals surface area contributed by atoms with E-state index in [-0.39, 0.29) is 5.82 Å². The molecule has 2 rings (SSSR count). The monoisotopic (exact) mass is 300 g/mol. The molecule has 0 aliphatic heterocycles. The van der Waals surface area contributed by atoms with Gasteiger partial charge < -0.3 is 5.11 Å². The average molecular weight is 301 g/mol. The summed E-state index contributed by atoms with van der Waals surface area (Å²) < 4.78 is 13.9. The van der Waals surface area contributed by atoms with Gasteiger partial charge in [0.05, 0.1) is 6.10 Å². The van der Waals surface area contributed by atoms with Crippen LogP contribution in [0.1, 0.15) is 50.2 Å². The Morgan fingerprint density at radius 1 is 1.35 bits per heavy atom. The van der Waals surface area contributed by atoms with Gasteiger partial charge in [-0.1, -0.05) is 41.6 Å². The number of aliphatic hydroxyl groups excluding tert-OH is 1. The number of rotatable bonds is 4. The highest BCUT2D eigenvalue weighted by atomic mass is 79.9. The Kier molecular flexibility index (Phi) is 4.57. The standard InChI is InChI=1S/C14H18BrFO/c15-13-7-6-11(16)9-12(13)14(17)8-5-10-3-1-2-4-10/h6-7,9-10,14,17H,1-5,8H2. The highest BCUT2D eigenvalue weighted by Crippen LogP contribution is 2.33. The molecule has 0 spiro atoms. The van der Waals surface area contributed by atoms with Crippen molar-refractivity contribution >= 4 is 15.9 Å². The molecule has 94 valence electrons. The first-order valence-electron chi connectivity index (χ1n) is 6.30. The van der Waals surface area contributed by atoms with Crippen LogP contribution in [0.25, 0.3) is 0 Å². The third kappa shape index (κ3) is 3.52. The van der Waals surface area contributed by atoms with E-state index < -0.39 is 6.10 Å². The molecule has 1 nitrogen and oxygen atoms in total. The van der Waals surface area contributed by atoms with Crippen molar-refractivity contribution < 1.29 is 9.50 Å². The third-order valence-corrected chi connectivity index (χ3v) is 4.36. The highest BCUT2D eigenvalue weighted by Gasteiger charge is 2.18. The van der Waals surface area contributed by atoms with Gasteiger partial charge in [-0.25, -0.2) is 4.39 Å². The summed E-state index contributed by atoms with van der Waals surface area (Å²) in [4.78, 5) is 0. The molecular weight excluding hydrogens is 283 g/mol. The molecule has 1 aliphatic carbocycles. The van der Waals surface area contributed by atoms with Crippen LogP contribution >= 0.6 is 15.9 Å². The van der Waals surface area contributed by atoms with Gasteiger partial charge in [0.15, 0.2) is 0 Å². The lowest BCUT2D eigenvalue weighted by Crippen LogP contribution is -2.03. The molecule has 0 radical (unpaired) electrons. The summed E-state index contributed by atoms with van der Waals surface area (Å²) in [5, 5.41) is 10.1. The maximum absolute atomic E-state index is 13.1. The normalized spacial score (nSPS) is 18.5. The van der Waals surface area contributed by atoms with Gasteiger partial charge in [0, 0.05) is 4.47 Å². The Morgan fingerprint density at radius 2 is 2.06 bits per heavy atom. The lowest BCUT2D eigenvalue weighted by Gasteiger charge is -2.15. The molecule has 0 bridgehead atoms. The fraction of sp³-hybridized carbons (Fsp3) is 0.571. The number of benzene rings is 1. The largest absolute Gasteiger partial charge is 0.388 e. The van der Waals surface area contributed by atoms with Gasteiger partial charge in [-0.2, -0.15) is 0 Å². The van der Waals surface area contributed by atoms with Crippen LogP contribution in [0.5, 0.6) is 0 Å². The second-order valence-corrected chi connectivity index (χ2v) is 5.76. The fourth-order valence-electron chi connectivity index (χ4n) is 2.62. The zero-order chi connectivity index (χ0) is 12.3. The van der Waals surface area contributed by atoms with Crippen LogP contribution in [0.15, 0.2) is 22.7 Å². The predicted molar refractivity (Wildman–Crippen MR) is 70.3 cm³/mol. The third-order valence-electron chi connectivity index (χ3n) is 3.64. The van der Waals surface area contributed by atoms with Crippen LogP contribution in [0.2, 0.25) is 0 Å². The molecule has 0 aromatic heterocycles. The smallest absolute Gasteiger partial charge is 0.123 e. The highest BCUT2D eigenvalue weighted by molar-refractivity contribution is 9.10. The van der Waals surface area contributed by atoms with Crippen molar-refractivity contribution in [3.05, 3.63) is 34.1 Å². The fourth-order valence-corrected chi connectivity index (χ4v) is 3.13. The predicted octanol–water partition coefficient (Wildman–Crippen LogP) is 4.59. The van der Waals surface area contributed by atoms with E-state index in [2.05, 4.69) is 15.9 Å². The maximum Gasteiger partial charge on any atom is 0.123 e. The Hall–Kier alpha value is -0.410. The van der Waals surface area contributed by atoms with Crippen molar-refractivity contribution in [1.82, 2.24) is 0 Å². The minimum Gasteiger partial charge on any atom is -0.388 e. The van der Waals surface area contributed by atoms with E-state index in [1.807, 2.05) is 0 Å². The van der Waals surface area contributed by atoms with E-state index in [4.69, 9.17) is 0 Å². The van der Waals surface area contributed by atoms with Crippen LogP contribution in [-0.4, -0.2) is 5.11 Å². The number of hydrogen-bond acceptors (Lipinski definition) is 1. The zero-order valence-corrected chi connectivity index (χ0v) is 11.4. The van der Waals surface area contributed by atoms with Crippen LogP contribution in [0.4, 0.5) is 4.39 Å². The number of aliphatic hydroxyl groups is 1. The minimum atomic E-state index is -0.555. The van der Waals surface area contributed by atoms with Crippen molar-refractivity contribution in [2.75, 3.05) is 0 Å². The molecule has 1 aromatic carbocycles. The van der Waals surface area contributed by atoms with Crippen molar-refractivity contribution in [2.24, 2.45) is 5.92 Å². The molecule has 1 aromatic rings. The summed E-state index contributed by atoms with van der Waals surface area (Å²) in [5.74, 6) is 0.472. The second-order valence-electron chi connectivity index (χ2n) is 4.91. The average Bonchev–Trinajstić information content (AvgIpc) is 2.82. The number of hydrogen-bond donors (Lipinski definition) is 1. The maximum atomic E-state index is 13.1. The molecule has 1 unspecified atom stereocenters. The first-order valence-corrected chi connectivity index (χ1v) is 7.09. The van der Waals surface area contributed by atoms with Crippen molar-refractivity contribution in [3.63, 3.8) is 0 Å².